The average molecular weight is 371 g/mol. The number of nitro groups is 1. The summed E-state index contributed by atoms with van der Waals surface area (Å²) in [5.74, 6) is -0.962. The first kappa shape index (κ1) is 19.5. The Hall–Kier alpha value is -2.83. The summed E-state index contributed by atoms with van der Waals surface area (Å²) in [5.41, 5.74) is -1.63. The highest BCUT2D eigenvalue weighted by atomic mass is 19.4. The number of alkyl halides is 3. The van der Waals surface area contributed by atoms with E-state index in [9.17, 15) is 28.1 Å². The van der Waals surface area contributed by atoms with E-state index >= 15 is 0 Å². The third kappa shape index (κ3) is 4.41. The van der Waals surface area contributed by atoms with Crippen molar-refractivity contribution in [2.45, 2.75) is 32.0 Å². The van der Waals surface area contributed by atoms with E-state index < -0.39 is 40.3 Å². The van der Waals surface area contributed by atoms with Gasteiger partial charge in [-0.3, -0.25) is 14.9 Å². The quantitative estimate of drug-likeness (QED) is 0.458. The highest BCUT2D eigenvalue weighted by Gasteiger charge is 2.35. The van der Waals surface area contributed by atoms with Gasteiger partial charge in [-0.1, -0.05) is 0 Å². The summed E-state index contributed by atoms with van der Waals surface area (Å²) >= 11 is 0. The smallest absolute Gasteiger partial charge is 0.416 e. The van der Waals surface area contributed by atoms with Gasteiger partial charge in [0.25, 0.3) is 5.69 Å². The number of ether oxygens (including phenoxy) is 1. The molecule has 0 unspecified atom stereocenters. The van der Waals surface area contributed by atoms with Gasteiger partial charge in [-0.25, -0.2) is 0 Å². The summed E-state index contributed by atoms with van der Waals surface area (Å²) in [4.78, 5) is 23.8. The number of halogens is 3. The molecule has 0 aromatic heterocycles. The number of esters is 1. The van der Waals surface area contributed by atoms with E-state index in [1.54, 1.807) is 11.0 Å². The standard InChI is InChI=1S/C16H16F3N3O4/c1-10(9-20)26-15(23)11-4-6-21(7-5-11)13-3-2-12(16(17,18)19)8-14(13)22(24)25/h2-3,8,10-11H,4-7H2,1H3/t10-/m1/s1. The van der Waals surface area contributed by atoms with E-state index in [0.29, 0.717) is 18.9 Å². The number of nitriles is 1. The molecule has 7 nitrogen and oxygen atoms in total. The molecule has 1 fully saturated rings. The van der Waals surface area contributed by atoms with Gasteiger partial charge in [0.2, 0.25) is 0 Å². The maximum absolute atomic E-state index is 12.8. The van der Waals surface area contributed by atoms with Crippen LogP contribution in [-0.2, 0) is 15.7 Å². The lowest BCUT2D eigenvalue weighted by Gasteiger charge is -2.32. The van der Waals surface area contributed by atoms with Crippen LogP contribution in [-0.4, -0.2) is 30.1 Å². The molecule has 0 spiro atoms. The molecule has 2 rings (SSSR count). The lowest BCUT2D eigenvalue weighted by atomic mass is 9.96. The lowest BCUT2D eigenvalue weighted by Crippen LogP contribution is -2.37. The Balaban J connectivity index is 2.13. The molecule has 0 radical (unpaired) electrons. The average Bonchev–Trinajstić information content (AvgIpc) is 2.60. The molecule has 0 bridgehead atoms. The SMILES string of the molecule is C[C@H](C#N)OC(=O)C1CCN(c2ccc(C(F)(F)F)cc2[N+](=O)[O-])CC1. The van der Waals surface area contributed by atoms with Gasteiger partial charge in [0.15, 0.2) is 6.10 Å². The van der Waals surface area contributed by atoms with Crippen LogP contribution in [0.2, 0.25) is 0 Å². The molecule has 1 atom stereocenters. The Morgan fingerprint density at radius 1 is 1.42 bits per heavy atom. The normalized spacial score (nSPS) is 16.7. The third-order valence-electron chi connectivity index (χ3n) is 4.14. The van der Waals surface area contributed by atoms with Crippen molar-refractivity contribution in [3.05, 3.63) is 33.9 Å². The largest absolute Gasteiger partial charge is 0.447 e. The van der Waals surface area contributed by atoms with E-state index in [2.05, 4.69) is 0 Å². The Bertz CT molecular complexity index is 737. The second-order valence-electron chi connectivity index (χ2n) is 5.93. The van der Waals surface area contributed by atoms with Gasteiger partial charge >= 0.3 is 12.1 Å². The highest BCUT2D eigenvalue weighted by Crippen LogP contribution is 2.37. The number of anilines is 1. The number of carbonyl (C=O) groups excluding carboxylic acids is 1. The van der Waals surface area contributed by atoms with E-state index in [1.807, 2.05) is 0 Å². The minimum absolute atomic E-state index is 0.0835. The van der Waals surface area contributed by atoms with Crippen molar-refractivity contribution in [2.75, 3.05) is 18.0 Å². The number of benzene rings is 1. The summed E-state index contributed by atoms with van der Waals surface area (Å²) in [6.07, 6.45) is -4.88. The number of piperidine rings is 1. The van der Waals surface area contributed by atoms with Gasteiger partial charge < -0.3 is 9.64 Å². The van der Waals surface area contributed by atoms with E-state index in [4.69, 9.17) is 10.00 Å². The van der Waals surface area contributed by atoms with E-state index in [1.165, 1.54) is 6.92 Å². The topological polar surface area (TPSA) is 96.5 Å². The summed E-state index contributed by atoms with van der Waals surface area (Å²) < 4.78 is 43.2. The van der Waals surface area contributed by atoms with Gasteiger partial charge in [0.1, 0.15) is 11.8 Å². The Labute approximate surface area is 147 Å². The second kappa shape index (κ2) is 7.59. The molecule has 1 aliphatic heterocycles. The number of nitro benzene ring substituents is 1. The summed E-state index contributed by atoms with van der Waals surface area (Å²) in [7, 11) is 0. The maximum Gasteiger partial charge on any atom is 0.416 e. The van der Waals surface area contributed by atoms with Crippen molar-refractivity contribution in [3.8, 4) is 6.07 Å². The molecule has 0 N–H and O–H groups in total. The van der Waals surface area contributed by atoms with Gasteiger partial charge in [0.05, 0.1) is 16.4 Å². The molecule has 140 valence electrons. The Kier molecular flexibility index (Phi) is 5.69. The fourth-order valence-electron chi connectivity index (χ4n) is 2.77. The van der Waals surface area contributed by atoms with Crippen LogP contribution in [0.3, 0.4) is 0 Å². The minimum atomic E-state index is -4.67. The zero-order valence-electron chi connectivity index (χ0n) is 13.8. The van der Waals surface area contributed by atoms with Crippen LogP contribution in [0, 0.1) is 27.4 Å². The molecule has 1 heterocycles. The van der Waals surface area contributed by atoms with Crippen molar-refractivity contribution in [3.63, 3.8) is 0 Å². The van der Waals surface area contributed by atoms with Crippen molar-refractivity contribution < 1.29 is 27.6 Å². The number of rotatable bonds is 4. The van der Waals surface area contributed by atoms with Crippen LogP contribution >= 0.6 is 0 Å². The van der Waals surface area contributed by atoms with E-state index in [-0.39, 0.29) is 18.8 Å². The predicted octanol–water partition coefficient (Wildman–Crippen LogP) is 3.29. The van der Waals surface area contributed by atoms with Crippen LogP contribution in [0.4, 0.5) is 24.5 Å². The number of hydrogen-bond acceptors (Lipinski definition) is 6. The minimum Gasteiger partial charge on any atom is -0.447 e. The van der Waals surface area contributed by atoms with Crippen LogP contribution in [0.5, 0.6) is 0 Å². The Morgan fingerprint density at radius 2 is 2.04 bits per heavy atom. The number of nitrogens with zero attached hydrogens (tertiary/aromatic N) is 3. The molecule has 10 heteroatoms. The molecule has 1 aromatic rings. The molecule has 26 heavy (non-hydrogen) atoms. The molecule has 1 aromatic carbocycles. The molecule has 0 amide bonds. The second-order valence-corrected chi connectivity index (χ2v) is 5.93. The van der Waals surface area contributed by atoms with Crippen molar-refractivity contribution in [1.29, 1.82) is 5.26 Å². The Morgan fingerprint density at radius 3 is 2.54 bits per heavy atom. The lowest BCUT2D eigenvalue weighted by molar-refractivity contribution is -0.384. The van der Waals surface area contributed by atoms with Crippen LogP contribution in [0.25, 0.3) is 0 Å². The van der Waals surface area contributed by atoms with Gasteiger partial charge in [-0.05, 0) is 31.9 Å². The summed E-state index contributed by atoms with van der Waals surface area (Å²) in [6.45, 7) is 1.96. The number of hydrogen-bond donors (Lipinski definition) is 0. The fourth-order valence-corrected chi connectivity index (χ4v) is 2.77. The van der Waals surface area contributed by atoms with E-state index in [0.717, 1.165) is 12.1 Å². The van der Waals surface area contributed by atoms with Gasteiger partial charge in [-0.15, -0.1) is 0 Å². The number of carbonyl (C=O) groups is 1. The molecule has 1 aliphatic rings. The molecule has 0 aliphatic carbocycles. The van der Waals surface area contributed by atoms with Crippen LogP contribution in [0.1, 0.15) is 25.3 Å². The highest BCUT2D eigenvalue weighted by molar-refractivity contribution is 5.73. The first-order chi connectivity index (χ1) is 12.1. The zero-order chi connectivity index (χ0) is 19.5. The van der Waals surface area contributed by atoms with Gasteiger partial charge in [-0.2, -0.15) is 18.4 Å². The maximum atomic E-state index is 12.8. The van der Waals surface area contributed by atoms with Crippen molar-refractivity contribution in [2.24, 2.45) is 5.92 Å². The van der Waals surface area contributed by atoms with Crippen LogP contribution < -0.4 is 4.90 Å². The van der Waals surface area contributed by atoms with Gasteiger partial charge in [0, 0.05) is 19.2 Å². The first-order valence-corrected chi connectivity index (χ1v) is 7.84. The predicted molar refractivity (Wildman–Crippen MR) is 84.2 cm³/mol. The molecule has 1 saturated heterocycles. The third-order valence-corrected chi connectivity index (χ3v) is 4.14. The van der Waals surface area contributed by atoms with Crippen LogP contribution in [0.15, 0.2) is 18.2 Å². The zero-order valence-corrected chi connectivity index (χ0v) is 13.8. The van der Waals surface area contributed by atoms with Crippen molar-refractivity contribution >= 4 is 17.3 Å². The monoisotopic (exact) mass is 371 g/mol. The molecule has 0 saturated carbocycles. The summed E-state index contributed by atoms with van der Waals surface area (Å²) in [6, 6.07) is 4.19. The fraction of sp³-hybridized carbons (Fsp3) is 0.500. The molecular formula is C16H16F3N3O4. The molecular weight excluding hydrogens is 355 g/mol. The first-order valence-electron chi connectivity index (χ1n) is 7.84. The van der Waals surface area contributed by atoms with Crippen molar-refractivity contribution in [1.82, 2.24) is 0 Å². The summed E-state index contributed by atoms with van der Waals surface area (Å²) in [5, 5.41) is 19.8.